The lowest BCUT2D eigenvalue weighted by atomic mass is 10.0. The summed E-state index contributed by atoms with van der Waals surface area (Å²) in [4.78, 5) is 15.8. The van der Waals surface area contributed by atoms with E-state index in [1.54, 1.807) is 6.07 Å². The predicted octanol–water partition coefficient (Wildman–Crippen LogP) is 4.77. The molecule has 1 aliphatic rings. The molecule has 0 radical (unpaired) electrons. The zero-order valence-corrected chi connectivity index (χ0v) is 20.1. The van der Waals surface area contributed by atoms with Gasteiger partial charge in [-0.15, -0.1) is 0 Å². The standard InChI is InChI=1S/C24H21ClN4O5S/c1-12(30)21(24(31)32)27-14-10-19-22(26-11-14)23(29-35-19)28-16-4-2-3-15(20(16)25)13-5-6-17-18(9-13)34-8-7-33-17/h2-6,9-12,21,27,30H,7-8H2,1H3,(H,28,29)(H,31,32). The number of pyridine rings is 1. The lowest BCUT2D eigenvalue weighted by Crippen LogP contribution is -2.38. The Morgan fingerprint density at radius 3 is 2.74 bits per heavy atom. The second-order valence-electron chi connectivity index (χ2n) is 7.95. The van der Waals surface area contributed by atoms with Crippen LogP contribution in [0.25, 0.3) is 21.3 Å². The molecule has 4 aromatic rings. The average molecular weight is 513 g/mol. The summed E-state index contributed by atoms with van der Waals surface area (Å²) in [7, 11) is 0. The van der Waals surface area contributed by atoms with E-state index in [9.17, 15) is 15.0 Å². The third-order valence-electron chi connectivity index (χ3n) is 5.49. The second-order valence-corrected chi connectivity index (χ2v) is 9.14. The molecule has 0 fully saturated rings. The molecule has 0 amide bonds. The highest BCUT2D eigenvalue weighted by atomic mass is 35.5. The number of anilines is 3. The van der Waals surface area contributed by atoms with E-state index in [0.29, 0.717) is 52.4 Å². The molecule has 0 aliphatic carbocycles. The number of rotatable bonds is 7. The highest BCUT2D eigenvalue weighted by molar-refractivity contribution is 7.13. The van der Waals surface area contributed by atoms with Gasteiger partial charge in [-0.05, 0) is 48.3 Å². The number of hydrogen-bond donors (Lipinski definition) is 4. The van der Waals surface area contributed by atoms with E-state index >= 15 is 0 Å². The molecule has 2 aromatic carbocycles. The number of fused-ring (bicyclic) bond motifs is 2. The molecular weight excluding hydrogens is 492 g/mol. The van der Waals surface area contributed by atoms with Crippen LogP contribution >= 0.6 is 23.1 Å². The Morgan fingerprint density at radius 1 is 1.17 bits per heavy atom. The van der Waals surface area contributed by atoms with Gasteiger partial charge in [0, 0.05) is 5.56 Å². The highest BCUT2D eigenvalue weighted by Gasteiger charge is 2.23. The summed E-state index contributed by atoms with van der Waals surface area (Å²) in [5, 5.41) is 25.6. The van der Waals surface area contributed by atoms with Gasteiger partial charge in [-0.1, -0.05) is 29.8 Å². The third kappa shape index (κ3) is 4.68. The van der Waals surface area contributed by atoms with Crippen molar-refractivity contribution in [1.29, 1.82) is 0 Å². The minimum Gasteiger partial charge on any atom is -0.486 e. The molecule has 5 rings (SSSR count). The number of carboxylic acid groups (broad SMARTS) is 1. The molecule has 0 spiro atoms. The van der Waals surface area contributed by atoms with Crippen molar-refractivity contribution in [1.82, 2.24) is 9.36 Å². The van der Waals surface area contributed by atoms with Gasteiger partial charge in [0.25, 0.3) is 0 Å². The van der Waals surface area contributed by atoms with Crippen molar-refractivity contribution in [3.05, 3.63) is 53.7 Å². The Labute approximate surface area is 209 Å². The first-order chi connectivity index (χ1) is 16.9. The fourth-order valence-electron chi connectivity index (χ4n) is 3.75. The van der Waals surface area contributed by atoms with Crippen LogP contribution < -0.4 is 20.1 Å². The van der Waals surface area contributed by atoms with Gasteiger partial charge in [-0.25, -0.2) is 9.78 Å². The summed E-state index contributed by atoms with van der Waals surface area (Å²) in [5.74, 6) is 0.771. The van der Waals surface area contributed by atoms with Crippen LogP contribution in [-0.2, 0) is 4.79 Å². The van der Waals surface area contributed by atoms with Crippen molar-refractivity contribution in [2.75, 3.05) is 23.8 Å². The van der Waals surface area contributed by atoms with Crippen molar-refractivity contribution >= 4 is 56.5 Å². The number of nitrogens with zero attached hydrogens (tertiary/aromatic N) is 2. The fourth-order valence-corrected chi connectivity index (χ4v) is 4.77. The number of hydrogen-bond acceptors (Lipinski definition) is 9. The topological polar surface area (TPSA) is 126 Å². The van der Waals surface area contributed by atoms with Gasteiger partial charge in [0.2, 0.25) is 0 Å². The van der Waals surface area contributed by atoms with Crippen molar-refractivity contribution in [3.63, 3.8) is 0 Å². The van der Waals surface area contributed by atoms with Crippen molar-refractivity contribution in [2.45, 2.75) is 19.1 Å². The summed E-state index contributed by atoms with van der Waals surface area (Å²) in [6.45, 7) is 2.44. The zero-order valence-electron chi connectivity index (χ0n) is 18.5. The van der Waals surface area contributed by atoms with E-state index < -0.39 is 18.1 Å². The SMILES string of the molecule is CC(O)C(Nc1cnc2c(Nc3cccc(-c4ccc5c(c4)OCCO5)c3Cl)nsc2c1)C(=O)O. The third-order valence-corrected chi connectivity index (χ3v) is 6.68. The molecule has 2 unspecified atom stereocenters. The first-order valence-corrected chi connectivity index (χ1v) is 11.9. The largest absolute Gasteiger partial charge is 0.486 e. The van der Waals surface area contributed by atoms with Gasteiger partial charge in [0.15, 0.2) is 23.4 Å². The van der Waals surface area contributed by atoms with Crippen LogP contribution in [0.1, 0.15) is 6.92 Å². The van der Waals surface area contributed by atoms with Gasteiger partial charge in [-0.2, -0.15) is 4.37 Å². The molecular formula is C24H21ClN4O5S. The van der Waals surface area contributed by atoms with Crippen molar-refractivity contribution in [2.24, 2.45) is 0 Å². The summed E-state index contributed by atoms with van der Waals surface area (Å²) >= 11 is 7.98. The highest BCUT2D eigenvalue weighted by Crippen LogP contribution is 2.40. The normalized spacial score (nSPS) is 14.4. The maximum absolute atomic E-state index is 11.4. The number of aliphatic hydroxyl groups is 1. The molecule has 3 heterocycles. The van der Waals surface area contributed by atoms with Crippen LogP contribution in [0.15, 0.2) is 48.7 Å². The average Bonchev–Trinajstić information content (AvgIpc) is 3.25. The van der Waals surface area contributed by atoms with E-state index in [0.717, 1.165) is 15.8 Å². The maximum Gasteiger partial charge on any atom is 0.328 e. The van der Waals surface area contributed by atoms with Crippen LogP contribution in [0.3, 0.4) is 0 Å². The van der Waals surface area contributed by atoms with Gasteiger partial charge in [0.1, 0.15) is 18.7 Å². The van der Waals surface area contributed by atoms with Crippen LogP contribution in [0.4, 0.5) is 17.2 Å². The lowest BCUT2D eigenvalue weighted by Gasteiger charge is -2.19. The van der Waals surface area contributed by atoms with Gasteiger partial charge in [-0.3, -0.25) is 0 Å². The van der Waals surface area contributed by atoms with Gasteiger partial charge < -0.3 is 30.3 Å². The Bertz CT molecular complexity index is 1410. The van der Waals surface area contributed by atoms with Crippen LogP contribution in [0.2, 0.25) is 5.02 Å². The second kappa shape index (κ2) is 9.57. The monoisotopic (exact) mass is 512 g/mol. The maximum atomic E-state index is 11.4. The molecule has 180 valence electrons. The summed E-state index contributed by atoms with van der Waals surface area (Å²) < 4.78 is 16.5. The first-order valence-electron chi connectivity index (χ1n) is 10.8. The van der Waals surface area contributed by atoms with Crippen molar-refractivity contribution < 1.29 is 24.5 Å². The van der Waals surface area contributed by atoms with E-state index in [4.69, 9.17) is 21.1 Å². The number of carboxylic acids is 1. The molecule has 35 heavy (non-hydrogen) atoms. The number of carbonyl (C=O) groups is 1. The zero-order chi connectivity index (χ0) is 24.5. The van der Waals surface area contributed by atoms with Crippen LogP contribution in [0, 0.1) is 0 Å². The smallest absolute Gasteiger partial charge is 0.328 e. The van der Waals surface area contributed by atoms with Crippen molar-refractivity contribution in [3.8, 4) is 22.6 Å². The van der Waals surface area contributed by atoms with Gasteiger partial charge in [0.05, 0.1) is 33.4 Å². The molecule has 2 aromatic heterocycles. The summed E-state index contributed by atoms with van der Waals surface area (Å²) in [6, 6.07) is 12.0. The number of aliphatic hydroxyl groups excluding tert-OH is 1. The molecule has 11 heteroatoms. The lowest BCUT2D eigenvalue weighted by molar-refractivity contribution is -0.140. The van der Waals surface area contributed by atoms with Gasteiger partial charge >= 0.3 is 5.97 Å². The number of benzene rings is 2. The first kappa shape index (κ1) is 23.2. The number of ether oxygens (including phenoxy) is 2. The number of aromatic nitrogens is 2. The Hall–Kier alpha value is -3.60. The molecule has 1 aliphatic heterocycles. The quantitative estimate of drug-likeness (QED) is 0.277. The molecule has 4 N–H and O–H groups in total. The Kier molecular flexibility index (Phi) is 6.33. The van der Waals surface area contributed by atoms with E-state index in [1.807, 2.05) is 36.4 Å². The Balaban J connectivity index is 1.41. The van der Waals surface area contributed by atoms with E-state index in [-0.39, 0.29) is 0 Å². The minimum absolute atomic E-state index is 0.472. The van der Waals surface area contributed by atoms with Crippen LogP contribution in [-0.4, -0.2) is 50.9 Å². The predicted molar refractivity (Wildman–Crippen MR) is 135 cm³/mol. The molecule has 9 nitrogen and oxygen atoms in total. The molecule has 0 saturated heterocycles. The fraction of sp³-hybridized carbons (Fsp3) is 0.208. The van der Waals surface area contributed by atoms with Crippen LogP contribution in [0.5, 0.6) is 11.5 Å². The van der Waals surface area contributed by atoms with E-state index in [2.05, 4.69) is 20.0 Å². The number of nitrogens with one attached hydrogen (secondary N) is 2. The minimum atomic E-state index is -1.15. The molecule has 2 atom stereocenters. The number of aliphatic carboxylic acids is 1. The van der Waals surface area contributed by atoms with E-state index in [1.165, 1.54) is 24.7 Å². The number of halogens is 1. The molecule has 0 saturated carbocycles. The summed E-state index contributed by atoms with van der Waals surface area (Å²) in [6.07, 6.45) is 0.429. The molecule has 0 bridgehead atoms. The Morgan fingerprint density at radius 2 is 1.97 bits per heavy atom. The summed E-state index contributed by atoms with van der Waals surface area (Å²) in [5.41, 5.74) is 3.47.